The molecule has 3 aromatic rings. The summed E-state index contributed by atoms with van der Waals surface area (Å²) < 4.78 is 23.3. The van der Waals surface area contributed by atoms with Gasteiger partial charge in [0.1, 0.15) is 23.0 Å². The first-order valence-electron chi connectivity index (χ1n) is 9.03. The molecule has 0 fully saturated rings. The summed E-state index contributed by atoms with van der Waals surface area (Å²) in [4.78, 5) is 35.1. The standard InChI is InChI=1S/C22H17FN2O6/c1-30-18-10-11-19(20(12-18)25(28)29)24-21(26)13-31-17-8-4-15(5-9-17)22(27)14-2-6-16(23)7-3-14/h2-12H,13H2,1H3,(H,24,26). The number of hydrogen-bond acceptors (Lipinski definition) is 6. The van der Waals surface area contributed by atoms with Crippen molar-refractivity contribution in [1.82, 2.24) is 0 Å². The summed E-state index contributed by atoms with van der Waals surface area (Å²) in [5, 5.41) is 13.6. The molecule has 0 aliphatic rings. The molecule has 0 aromatic heterocycles. The number of anilines is 1. The molecule has 3 rings (SSSR count). The fourth-order valence-electron chi connectivity index (χ4n) is 2.70. The van der Waals surface area contributed by atoms with Crippen LogP contribution in [0.3, 0.4) is 0 Å². The second kappa shape index (κ2) is 9.49. The number of ether oxygens (including phenoxy) is 2. The number of nitro groups is 1. The SMILES string of the molecule is COc1ccc(NC(=O)COc2ccc(C(=O)c3ccc(F)cc3)cc2)c([N+](=O)[O-])c1. The molecular formula is C22H17FN2O6. The van der Waals surface area contributed by atoms with Gasteiger partial charge in [0, 0.05) is 11.1 Å². The topological polar surface area (TPSA) is 108 Å². The van der Waals surface area contributed by atoms with Crippen molar-refractivity contribution in [2.75, 3.05) is 19.0 Å². The Balaban J connectivity index is 1.60. The van der Waals surface area contributed by atoms with E-state index in [0.717, 1.165) is 0 Å². The van der Waals surface area contributed by atoms with E-state index in [0.29, 0.717) is 16.9 Å². The van der Waals surface area contributed by atoms with Gasteiger partial charge in [-0.15, -0.1) is 0 Å². The largest absolute Gasteiger partial charge is 0.496 e. The van der Waals surface area contributed by atoms with Crippen LogP contribution in [0.25, 0.3) is 0 Å². The lowest BCUT2D eigenvalue weighted by Crippen LogP contribution is -2.20. The Labute approximate surface area is 176 Å². The van der Waals surface area contributed by atoms with E-state index in [4.69, 9.17) is 9.47 Å². The first-order valence-corrected chi connectivity index (χ1v) is 9.03. The van der Waals surface area contributed by atoms with Gasteiger partial charge in [-0.3, -0.25) is 19.7 Å². The molecule has 9 heteroatoms. The second-order valence-electron chi connectivity index (χ2n) is 6.34. The summed E-state index contributed by atoms with van der Waals surface area (Å²) >= 11 is 0. The number of carbonyl (C=O) groups excluding carboxylic acids is 2. The average Bonchev–Trinajstić information content (AvgIpc) is 2.78. The third-order valence-electron chi connectivity index (χ3n) is 4.27. The molecule has 1 amide bonds. The van der Waals surface area contributed by atoms with Gasteiger partial charge in [-0.2, -0.15) is 0 Å². The number of ketones is 1. The van der Waals surface area contributed by atoms with Crippen LogP contribution in [0.1, 0.15) is 15.9 Å². The van der Waals surface area contributed by atoms with Crippen LogP contribution in [0, 0.1) is 15.9 Å². The number of nitrogens with zero attached hydrogens (tertiary/aromatic N) is 1. The molecule has 0 heterocycles. The molecule has 0 aliphatic carbocycles. The van der Waals surface area contributed by atoms with Gasteiger partial charge in [-0.25, -0.2) is 4.39 Å². The highest BCUT2D eigenvalue weighted by Gasteiger charge is 2.17. The van der Waals surface area contributed by atoms with Gasteiger partial charge in [0.2, 0.25) is 0 Å². The molecule has 0 saturated carbocycles. The van der Waals surface area contributed by atoms with E-state index in [1.54, 1.807) is 0 Å². The van der Waals surface area contributed by atoms with Gasteiger partial charge >= 0.3 is 0 Å². The Morgan fingerprint density at radius 3 is 2.13 bits per heavy atom. The maximum atomic E-state index is 13.0. The molecule has 1 N–H and O–H groups in total. The minimum Gasteiger partial charge on any atom is -0.496 e. The second-order valence-corrected chi connectivity index (χ2v) is 6.34. The third-order valence-corrected chi connectivity index (χ3v) is 4.27. The van der Waals surface area contributed by atoms with E-state index in [2.05, 4.69) is 5.32 Å². The average molecular weight is 424 g/mol. The highest BCUT2D eigenvalue weighted by molar-refractivity contribution is 6.09. The fourth-order valence-corrected chi connectivity index (χ4v) is 2.70. The number of halogens is 1. The highest BCUT2D eigenvalue weighted by atomic mass is 19.1. The normalized spacial score (nSPS) is 10.3. The zero-order chi connectivity index (χ0) is 22.4. The first-order chi connectivity index (χ1) is 14.9. The van der Waals surface area contributed by atoms with Crippen LogP contribution in [-0.2, 0) is 4.79 Å². The van der Waals surface area contributed by atoms with Crippen molar-refractivity contribution in [2.24, 2.45) is 0 Å². The van der Waals surface area contributed by atoms with Crippen molar-refractivity contribution in [3.8, 4) is 11.5 Å². The Morgan fingerprint density at radius 1 is 0.968 bits per heavy atom. The molecule has 0 atom stereocenters. The maximum absolute atomic E-state index is 13.0. The van der Waals surface area contributed by atoms with Crippen molar-refractivity contribution in [1.29, 1.82) is 0 Å². The number of nitrogens with one attached hydrogen (secondary N) is 1. The van der Waals surface area contributed by atoms with Crippen LogP contribution in [0.5, 0.6) is 11.5 Å². The lowest BCUT2D eigenvalue weighted by atomic mass is 10.0. The Morgan fingerprint density at radius 2 is 1.55 bits per heavy atom. The minimum absolute atomic E-state index is 0.0136. The van der Waals surface area contributed by atoms with Gasteiger partial charge in [-0.05, 0) is 60.7 Å². The molecule has 0 spiro atoms. The lowest BCUT2D eigenvalue weighted by Gasteiger charge is -2.09. The Hall–Kier alpha value is -4.27. The molecule has 0 aliphatic heterocycles. The summed E-state index contributed by atoms with van der Waals surface area (Å²) in [5.74, 6) is -0.694. The number of carbonyl (C=O) groups is 2. The summed E-state index contributed by atoms with van der Waals surface area (Å²) in [6, 6.07) is 15.3. The Kier molecular flexibility index (Phi) is 6.56. The van der Waals surface area contributed by atoms with Crippen molar-refractivity contribution >= 4 is 23.1 Å². The molecule has 0 unspecified atom stereocenters. The number of rotatable bonds is 8. The van der Waals surface area contributed by atoms with Crippen LogP contribution >= 0.6 is 0 Å². The highest BCUT2D eigenvalue weighted by Crippen LogP contribution is 2.29. The zero-order valence-electron chi connectivity index (χ0n) is 16.3. The number of methoxy groups -OCH3 is 1. The van der Waals surface area contributed by atoms with E-state index in [1.165, 1.54) is 73.8 Å². The van der Waals surface area contributed by atoms with Gasteiger partial charge in [0.05, 0.1) is 18.1 Å². The van der Waals surface area contributed by atoms with Gasteiger partial charge in [0.25, 0.3) is 11.6 Å². The Bertz CT molecular complexity index is 1110. The monoisotopic (exact) mass is 424 g/mol. The van der Waals surface area contributed by atoms with E-state index in [-0.39, 0.29) is 22.9 Å². The van der Waals surface area contributed by atoms with Crippen LogP contribution in [0.2, 0.25) is 0 Å². The number of nitro benzene ring substituents is 1. The van der Waals surface area contributed by atoms with Crippen molar-refractivity contribution in [3.63, 3.8) is 0 Å². The molecule has 0 radical (unpaired) electrons. The number of amides is 1. The quantitative estimate of drug-likeness (QED) is 0.333. The van der Waals surface area contributed by atoms with Crippen molar-refractivity contribution < 1.29 is 28.4 Å². The molecule has 8 nitrogen and oxygen atoms in total. The number of hydrogen-bond donors (Lipinski definition) is 1. The molecule has 158 valence electrons. The van der Waals surface area contributed by atoms with Crippen molar-refractivity contribution in [2.45, 2.75) is 0 Å². The molecule has 0 bridgehead atoms. The van der Waals surface area contributed by atoms with E-state index in [1.807, 2.05) is 0 Å². The smallest absolute Gasteiger partial charge is 0.296 e. The molecule has 0 saturated heterocycles. The van der Waals surface area contributed by atoms with Crippen LogP contribution in [-0.4, -0.2) is 30.3 Å². The van der Waals surface area contributed by atoms with Crippen LogP contribution in [0.15, 0.2) is 66.7 Å². The molecule has 31 heavy (non-hydrogen) atoms. The maximum Gasteiger partial charge on any atom is 0.296 e. The van der Waals surface area contributed by atoms with E-state index in [9.17, 15) is 24.1 Å². The summed E-state index contributed by atoms with van der Waals surface area (Å²) in [5.41, 5.74) is 0.420. The fraction of sp³-hybridized carbons (Fsp3) is 0.0909. The molecular weight excluding hydrogens is 407 g/mol. The minimum atomic E-state index is -0.629. The predicted octanol–water partition coefficient (Wildman–Crippen LogP) is 3.99. The van der Waals surface area contributed by atoms with Gasteiger partial charge in [0.15, 0.2) is 12.4 Å². The van der Waals surface area contributed by atoms with Crippen LogP contribution in [0.4, 0.5) is 15.8 Å². The predicted molar refractivity (Wildman–Crippen MR) is 110 cm³/mol. The summed E-state index contributed by atoms with van der Waals surface area (Å²) in [6.45, 7) is -0.394. The van der Waals surface area contributed by atoms with Gasteiger partial charge < -0.3 is 14.8 Å². The van der Waals surface area contributed by atoms with E-state index >= 15 is 0 Å². The van der Waals surface area contributed by atoms with Gasteiger partial charge in [-0.1, -0.05) is 0 Å². The van der Waals surface area contributed by atoms with E-state index < -0.39 is 23.3 Å². The van der Waals surface area contributed by atoms with Crippen molar-refractivity contribution in [3.05, 3.63) is 93.8 Å². The lowest BCUT2D eigenvalue weighted by molar-refractivity contribution is -0.384. The molecule has 3 aromatic carbocycles. The summed E-state index contributed by atoms with van der Waals surface area (Å²) in [6.07, 6.45) is 0. The third kappa shape index (κ3) is 5.41. The zero-order valence-corrected chi connectivity index (χ0v) is 16.3. The summed E-state index contributed by atoms with van der Waals surface area (Å²) in [7, 11) is 1.38. The number of benzene rings is 3. The first kappa shape index (κ1) is 21.4. The van der Waals surface area contributed by atoms with Crippen LogP contribution < -0.4 is 14.8 Å².